The van der Waals surface area contributed by atoms with E-state index in [1.165, 1.54) is 23.1 Å². The van der Waals surface area contributed by atoms with Gasteiger partial charge >= 0.3 is 0 Å². The summed E-state index contributed by atoms with van der Waals surface area (Å²) in [5.74, 6) is 2.58. The molecule has 9 nitrogen and oxygen atoms in total. The Balaban J connectivity index is 1.60. The van der Waals surface area contributed by atoms with Crippen LogP contribution in [-0.4, -0.2) is 41.1 Å². The molecule has 0 aliphatic heterocycles. The molecule has 0 N–H and O–H groups in total. The summed E-state index contributed by atoms with van der Waals surface area (Å²) >= 11 is 2.78. The van der Waals surface area contributed by atoms with E-state index in [2.05, 4.69) is 15.2 Å². The van der Waals surface area contributed by atoms with Crippen molar-refractivity contribution in [2.24, 2.45) is 0 Å². The molecule has 0 unspecified atom stereocenters. The number of ether oxygens (including phenoxy) is 3. The van der Waals surface area contributed by atoms with E-state index < -0.39 is 0 Å². The van der Waals surface area contributed by atoms with Crippen molar-refractivity contribution in [2.75, 3.05) is 21.3 Å². The van der Waals surface area contributed by atoms with Crippen LogP contribution >= 0.6 is 23.1 Å². The first-order valence-corrected chi connectivity index (χ1v) is 11.2. The summed E-state index contributed by atoms with van der Waals surface area (Å²) in [6.07, 6.45) is 0. The van der Waals surface area contributed by atoms with Crippen molar-refractivity contribution < 1.29 is 18.6 Å². The molecule has 3 heterocycles. The van der Waals surface area contributed by atoms with Gasteiger partial charge in [-0.2, -0.15) is 0 Å². The third-order valence-electron chi connectivity index (χ3n) is 4.55. The summed E-state index contributed by atoms with van der Waals surface area (Å²) in [5, 5.41) is 10.8. The molecule has 0 saturated heterocycles. The van der Waals surface area contributed by atoms with Crippen molar-refractivity contribution in [3.63, 3.8) is 0 Å². The van der Waals surface area contributed by atoms with Crippen molar-refractivity contribution in [1.82, 2.24) is 19.7 Å². The number of thiophene rings is 1. The van der Waals surface area contributed by atoms with Crippen LogP contribution in [-0.2, 0) is 12.3 Å². The molecule has 0 fully saturated rings. The number of hydrogen-bond acceptors (Lipinski definition) is 10. The van der Waals surface area contributed by atoms with Gasteiger partial charge in [0.1, 0.15) is 4.70 Å². The molecule has 0 spiro atoms. The molecule has 4 rings (SSSR count). The average Bonchev–Trinajstić information content (AvgIpc) is 3.46. The predicted octanol–water partition coefficient (Wildman–Crippen LogP) is 3.85. The number of hydrogen-bond donors (Lipinski definition) is 0. The Morgan fingerprint density at radius 1 is 1.13 bits per heavy atom. The van der Waals surface area contributed by atoms with E-state index in [4.69, 9.17) is 18.6 Å². The molecule has 4 aromatic rings. The van der Waals surface area contributed by atoms with Gasteiger partial charge in [0.15, 0.2) is 16.7 Å². The van der Waals surface area contributed by atoms with E-state index in [-0.39, 0.29) is 5.56 Å². The summed E-state index contributed by atoms with van der Waals surface area (Å²) in [6, 6.07) is 5.33. The smallest absolute Gasteiger partial charge is 0.272 e. The Morgan fingerprint density at radius 2 is 1.87 bits per heavy atom. The highest BCUT2D eigenvalue weighted by Crippen LogP contribution is 2.41. The minimum absolute atomic E-state index is 0.0337. The number of nitrogens with zero attached hydrogens (tertiary/aromatic N) is 4. The second-order valence-corrected chi connectivity index (χ2v) is 8.14. The van der Waals surface area contributed by atoms with Crippen LogP contribution in [0.5, 0.6) is 17.2 Å². The zero-order chi connectivity index (χ0) is 22.0. The third-order valence-corrected chi connectivity index (χ3v) is 6.40. The topological polar surface area (TPSA) is 102 Å². The lowest BCUT2D eigenvalue weighted by molar-refractivity contribution is 0.324. The molecule has 0 amide bonds. The number of thioether (sulfide) groups is 1. The molecule has 1 aromatic carbocycles. The normalized spacial score (nSPS) is 11.1. The summed E-state index contributed by atoms with van der Waals surface area (Å²) in [4.78, 5) is 17.3. The van der Waals surface area contributed by atoms with Crippen LogP contribution in [0.1, 0.15) is 12.8 Å². The van der Waals surface area contributed by atoms with Crippen LogP contribution < -0.4 is 19.8 Å². The molecular weight excluding hydrogens is 440 g/mol. The average molecular weight is 461 g/mol. The highest BCUT2D eigenvalue weighted by molar-refractivity contribution is 7.98. The summed E-state index contributed by atoms with van der Waals surface area (Å²) in [5.41, 5.74) is 1.31. The molecule has 0 bridgehead atoms. The Morgan fingerprint density at radius 3 is 2.52 bits per heavy atom. The third kappa shape index (κ3) is 3.98. The number of benzene rings is 1. The van der Waals surface area contributed by atoms with E-state index >= 15 is 0 Å². The fourth-order valence-electron chi connectivity index (χ4n) is 3.07. The van der Waals surface area contributed by atoms with E-state index in [1.54, 1.807) is 38.0 Å². The highest BCUT2D eigenvalue weighted by Gasteiger charge is 2.18. The Hall–Kier alpha value is -3.05. The summed E-state index contributed by atoms with van der Waals surface area (Å²) in [6.45, 7) is 2.45. The molecule has 3 aromatic heterocycles. The first-order valence-electron chi connectivity index (χ1n) is 9.33. The van der Waals surface area contributed by atoms with Crippen LogP contribution in [0.2, 0.25) is 0 Å². The molecule has 162 valence electrons. The maximum atomic E-state index is 12.6. The lowest BCUT2D eigenvalue weighted by Gasteiger charge is -2.12. The Kier molecular flexibility index (Phi) is 6.14. The Labute approximate surface area is 186 Å². The van der Waals surface area contributed by atoms with Gasteiger partial charge in [-0.1, -0.05) is 11.8 Å². The molecule has 0 saturated carbocycles. The predicted molar refractivity (Wildman–Crippen MR) is 119 cm³/mol. The zero-order valence-corrected chi connectivity index (χ0v) is 19.0. The van der Waals surface area contributed by atoms with Crippen molar-refractivity contribution in [1.29, 1.82) is 0 Å². The van der Waals surface area contributed by atoms with Crippen LogP contribution in [0, 0.1) is 0 Å². The maximum Gasteiger partial charge on any atom is 0.272 e. The standard InChI is InChI=1S/C20H20N4O5S2/c1-5-24-19(25)17-12(6-7-30-17)21-20(24)31-10-15-22-23-18(29-15)11-8-13(26-2)16(28-4)14(9-11)27-3/h6-9H,5,10H2,1-4H3. The first kappa shape index (κ1) is 21.2. The van der Waals surface area contributed by atoms with Gasteiger partial charge in [-0.25, -0.2) is 4.98 Å². The second kappa shape index (κ2) is 8.98. The van der Waals surface area contributed by atoms with Crippen molar-refractivity contribution in [2.45, 2.75) is 24.4 Å². The van der Waals surface area contributed by atoms with Gasteiger partial charge < -0.3 is 18.6 Å². The first-order chi connectivity index (χ1) is 15.1. The van der Waals surface area contributed by atoms with Crippen LogP contribution in [0.25, 0.3) is 21.7 Å². The van der Waals surface area contributed by atoms with E-state index in [9.17, 15) is 4.79 Å². The monoisotopic (exact) mass is 460 g/mol. The summed E-state index contributed by atoms with van der Waals surface area (Å²) < 4.78 is 24.2. The largest absolute Gasteiger partial charge is 0.493 e. The lowest BCUT2D eigenvalue weighted by atomic mass is 10.2. The van der Waals surface area contributed by atoms with Crippen LogP contribution in [0.15, 0.2) is 37.9 Å². The molecule has 0 atom stereocenters. The van der Waals surface area contributed by atoms with Crippen molar-refractivity contribution in [3.05, 3.63) is 39.8 Å². The minimum Gasteiger partial charge on any atom is -0.493 e. The van der Waals surface area contributed by atoms with Crippen molar-refractivity contribution >= 4 is 33.3 Å². The van der Waals surface area contributed by atoms with Gasteiger partial charge in [-0.15, -0.1) is 21.5 Å². The van der Waals surface area contributed by atoms with Gasteiger partial charge in [-0.3, -0.25) is 9.36 Å². The highest BCUT2D eigenvalue weighted by atomic mass is 32.2. The summed E-state index contributed by atoms with van der Waals surface area (Å²) in [7, 11) is 4.63. The fourth-order valence-corrected chi connectivity index (χ4v) is 4.75. The van der Waals surface area contributed by atoms with E-state index in [1.807, 2.05) is 18.4 Å². The zero-order valence-electron chi connectivity index (χ0n) is 17.4. The van der Waals surface area contributed by atoms with Gasteiger partial charge in [-0.05, 0) is 30.5 Å². The van der Waals surface area contributed by atoms with E-state index in [0.29, 0.717) is 62.3 Å². The Bertz CT molecular complexity index is 1260. The second-order valence-electron chi connectivity index (χ2n) is 6.28. The number of aromatic nitrogens is 4. The SMILES string of the molecule is CCn1c(SCc2nnc(-c3cc(OC)c(OC)c(OC)c3)o2)nc2ccsc2c1=O. The lowest BCUT2D eigenvalue weighted by Crippen LogP contribution is -2.21. The molecule has 0 aliphatic carbocycles. The van der Waals surface area contributed by atoms with Crippen molar-refractivity contribution in [3.8, 4) is 28.7 Å². The van der Waals surface area contributed by atoms with Gasteiger partial charge in [0, 0.05) is 12.1 Å². The number of rotatable bonds is 8. The quantitative estimate of drug-likeness (QED) is 0.287. The van der Waals surface area contributed by atoms with Gasteiger partial charge in [0.05, 0.1) is 32.6 Å². The number of methoxy groups -OCH3 is 3. The number of fused-ring (bicyclic) bond motifs is 1. The molecule has 11 heteroatoms. The maximum absolute atomic E-state index is 12.6. The molecular formula is C20H20N4O5S2. The van der Waals surface area contributed by atoms with Crippen LogP contribution in [0.4, 0.5) is 0 Å². The molecule has 31 heavy (non-hydrogen) atoms. The van der Waals surface area contributed by atoms with Crippen LogP contribution in [0.3, 0.4) is 0 Å². The molecule has 0 aliphatic rings. The molecule has 0 radical (unpaired) electrons. The fraction of sp³-hybridized carbons (Fsp3) is 0.300. The van der Waals surface area contributed by atoms with Gasteiger partial charge in [0.25, 0.3) is 5.56 Å². The van der Waals surface area contributed by atoms with Gasteiger partial charge in [0.2, 0.25) is 17.5 Å². The minimum atomic E-state index is -0.0337. The van der Waals surface area contributed by atoms with E-state index in [0.717, 1.165) is 0 Å².